The first-order chi connectivity index (χ1) is 10.8. The van der Waals surface area contributed by atoms with Gasteiger partial charge in [-0.1, -0.05) is 58.3 Å². The van der Waals surface area contributed by atoms with Crippen LogP contribution in [0.25, 0.3) is 0 Å². The van der Waals surface area contributed by atoms with E-state index in [2.05, 4.69) is 6.92 Å². The van der Waals surface area contributed by atoms with Gasteiger partial charge in [0.25, 0.3) is 5.78 Å². The van der Waals surface area contributed by atoms with Gasteiger partial charge in [-0.05, 0) is 6.42 Å². The SMILES string of the molecule is CCCCCCCCCCC(O)[C@H](O)[C@@H](O)[C@H](O)C(=O)C(=O)O. The maximum Gasteiger partial charge on any atom is 0.375 e. The van der Waals surface area contributed by atoms with Crippen molar-refractivity contribution in [2.24, 2.45) is 0 Å². The first kappa shape index (κ1) is 22.0. The zero-order valence-corrected chi connectivity index (χ0v) is 13.7. The van der Waals surface area contributed by atoms with E-state index in [0.29, 0.717) is 6.42 Å². The van der Waals surface area contributed by atoms with Gasteiger partial charge in [-0.2, -0.15) is 0 Å². The summed E-state index contributed by atoms with van der Waals surface area (Å²) in [6.07, 6.45) is 1.34. The van der Waals surface area contributed by atoms with E-state index >= 15 is 0 Å². The molecule has 7 nitrogen and oxygen atoms in total. The van der Waals surface area contributed by atoms with Gasteiger partial charge in [-0.3, -0.25) is 4.79 Å². The van der Waals surface area contributed by atoms with Crippen LogP contribution < -0.4 is 0 Å². The number of rotatable bonds is 14. The highest BCUT2D eigenvalue weighted by Gasteiger charge is 2.36. The maximum absolute atomic E-state index is 11.0. The van der Waals surface area contributed by atoms with Crippen LogP contribution in [0.4, 0.5) is 0 Å². The van der Waals surface area contributed by atoms with Gasteiger partial charge in [0.1, 0.15) is 12.2 Å². The number of hydrogen-bond acceptors (Lipinski definition) is 6. The Morgan fingerprint density at radius 1 is 0.783 bits per heavy atom. The predicted molar refractivity (Wildman–Crippen MR) is 83.9 cm³/mol. The Hall–Kier alpha value is -1.02. The second kappa shape index (κ2) is 12.4. The first-order valence-electron chi connectivity index (χ1n) is 8.32. The van der Waals surface area contributed by atoms with Crippen LogP contribution in [-0.4, -0.2) is 61.7 Å². The topological polar surface area (TPSA) is 135 Å². The number of unbranched alkanes of at least 4 members (excludes halogenated alkanes) is 7. The van der Waals surface area contributed by atoms with Crippen molar-refractivity contribution in [2.75, 3.05) is 0 Å². The number of aliphatic carboxylic acids is 1. The molecule has 1 unspecified atom stereocenters. The molecule has 0 aromatic heterocycles. The van der Waals surface area contributed by atoms with Crippen LogP contribution >= 0.6 is 0 Å². The standard InChI is InChI=1S/C16H30O7/c1-2-3-4-5-6-7-8-9-10-11(17)12(18)13(19)14(20)15(21)16(22)23/h11-14,17-20H,2-10H2,1H3,(H,22,23)/t11?,12-,13+,14-/m0/s1. The molecule has 0 fully saturated rings. The van der Waals surface area contributed by atoms with E-state index in [0.717, 1.165) is 19.3 Å². The third kappa shape index (κ3) is 9.00. The molecule has 7 heteroatoms. The Morgan fingerprint density at radius 3 is 1.74 bits per heavy atom. The number of aliphatic hydroxyl groups is 4. The van der Waals surface area contributed by atoms with Crippen LogP contribution in [0.15, 0.2) is 0 Å². The molecule has 0 bridgehead atoms. The van der Waals surface area contributed by atoms with Crippen molar-refractivity contribution in [3.8, 4) is 0 Å². The van der Waals surface area contributed by atoms with Crippen molar-refractivity contribution in [3.05, 3.63) is 0 Å². The number of hydrogen-bond donors (Lipinski definition) is 5. The summed E-state index contributed by atoms with van der Waals surface area (Å²) in [5.41, 5.74) is 0. The van der Waals surface area contributed by atoms with Gasteiger partial charge in [0, 0.05) is 0 Å². The van der Waals surface area contributed by atoms with Crippen LogP contribution in [0.3, 0.4) is 0 Å². The number of carboxylic acid groups (broad SMARTS) is 1. The van der Waals surface area contributed by atoms with Gasteiger partial charge >= 0.3 is 5.97 Å². The maximum atomic E-state index is 11.0. The Kier molecular flexibility index (Phi) is 11.9. The Morgan fingerprint density at radius 2 is 1.26 bits per heavy atom. The molecular formula is C16H30O7. The van der Waals surface area contributed by atoms with Crippen molar-refractivity contribution < 1.29 is 35.1 Å². The van der Waals surface area contributed by atoms with Crippen LogP contribution in [0.1, 0.15) is 64.7 Å². The molecule has 0 aromatic carbocycles. The van der Waals surface area contributed by atoms with E-state index in [1.807, 2.05) is 0 Å². The number of carbonyl (C=O) groups is 2. The highest BCUT2D eigenvalue weighted by Crippen LogP contribution is 2.14. The van der Waals surface area contributed by atoms with E-state index in [9.17, 15) is 30.0 Å². The second-order valence-corrected chi connectivity index (χ2v) is 5.93. The third-order valence-electron chi connectivity index (χ3n) is 3.90. The lowest BCUT2D eigenvalue weighted by atomic mass is 9.96. The highest BCUT2D eigenvalue weighted by molar-refractivity contribution is 6.34. The molecule has 0 saturated heterocycles. The Balaban J connectivity index is 3.94. The summed E-state index contributed by atoms with van der Waals surface area (Å²) in [6, 6.07) is 0. The summed E-state index contributed by atoms with van der Waals surface area (Å²) < 4.78 is 0. The van der Waals surface area contributed by atoms with E-state index < -0.39 is 36.2 Å². The number of carboxylic acids is 1. The lowest BCUT2D eigenvalue weighted by Gasteiger charge is -2.25. The summed E-state index contributed by atoms with van der Waals surface area (Å²) >= 11 is 0. The van der Waals surface area contributed by atoms with E-state index in [4.69, 9.17) is 5.11 Å². The zero-order chi connectivity index (χ0) is 17.8. The quantitative estimate of drug-likeness (QED) is 0.232. The molecule has 0 aliphatic carbocycles. The van der Waals surface area contributed by atoms with Gasteiger partial charge in [-0.15, -0.1) is 0 Å². The number of carbonyl (C=O) groups excluding carboxylic acids is 1. The van der Waals surface area contributed by atoms with Gasteiger partial charge in [0.15, 0.2) is 6.10 Å². The van der Waals surface area contributed by atoms with Crippen molar-refractivity contribution in [1.29, 1.82) is 0 Å². The normalized spacial score (nSPS) is 16.6. The van der Waals surface area contributed by atoms with E-state index in [1.54, 1.807) is 0 Å². The van der Waals surface area contributed by atoms with Crippen LogP contribution in [-0.2, 0) is 9.59 Å². The summed E-state index contributed by atoms with van der Waals surface area (Å²) in [4.78, 5) is 21.4. The molecule has 0 saturated carbocycles. The van der Waals surface area contributed by atoms with Crippen molar-refractivity contribution >= 4 is 11.8 Å². The van der Waals surface area contributed by atoms with Crippen molar-refractivity contribution in [3.63, 3.8) is 0 Å². The molecule has 23 heavy (non-hydrogen) atoms. The average molecular weight is 334 g/mol. The fourth-order valence-electron chi connectivity index (χ4n) is 2.35. The monoisotopic (exact) mass is 334 g/mol. The summed E-state index contributed by atoms with van der Waals surface area (Å²) in [7, 11) is 0. The molecule has 5 N–H and O–H groups in total. The molecule has 0 aliphatic heterocycles. The van der Waals surface area contributed by atoms with Crippen LogP contribution in [0, 0.1) is 0 Å². The third-order valence-corrected chi connectivity index (χ3v) is 3.90. The lowest BCUT2D eigenvalue weighted by molar-refractivity contribution is -0.161. The second-order valence-electron chi connectivity index (χ2n) is 5.93. The van der Waals surface area contributed by atoms with Crippen molar-refractivity contribution in [1.82, 2.24) is 0 Å². The smallest absolute Gasteiger partial charge is 0.375 e. The number of ketones is 1. The fourth-order valence-corrected chi connectivity index (χ4v) is 2.35. The fraction of sp³-hybridized carbons (Fsp3) is 0.875. The molecule has 4 atom stereocenters. The van der Waals surface area contributed by atoms with E-state index in [-0.39, 0.29) is 6.42 Å². The molecule has 0 amide bonds. The largest absolute Gasteiger partial charge is 0.475 e. The van der Waals surface area contributed by atoms with Crippen molar-refractivity contribution in [2.45, 2.75) is 89.1 Å². The predicted octanol–water partition coefficient (Wildman–Crippen LogP) is 0.614. The number of Topliss-reactive ketones (excluding diaryl/α,β-unsaturated/α-hetero) is 1. The summed E-state index contributed by atoms with van der Waals surface area (Å²) in [6.45, 7) is 2.15. The molecule has 0 aliphatic rings. The van der Waals surface area contributed by atoms with Gasteiger partial charge in [0.2, 0.25) is 0 Å². The molecule has 0 rings (SSSR count). The minimum absolute atomic E-state index is 0.209. The molecule has 136 valence electrons. The number of aliphatic hydroxyl groups excluding tert-OH is 4. The molecule has 0 spiro atoms. The molecule has 0 aromatic rings. The zero-order valence-electron chi connectivity index (χ0n) is 13.7. The minimum Gasteiger partial charge on any atom is -0.475 e. The van der Waals surface area contributed by atoms with Gasteiger partial charge in [0.05, 0.1) is 6.10 Å². The molecular weight excluding hydrogens is 304 g/mol. The summed E-state index contributed by atoms with van der Waals surface area (Å²) in [5, 5.41) is 46.8. The Bertz CT molecular complexity index is 345. The molecule has 0 radical (unpaired) electrons. The van der Waals surface area contributed by atoms with Gasteiger partial charge < -0.3 is 25.5 Å². The lowest BCUT2D eigenvalue weighted by Crippen LogP contribution is -2.49. The van der Waals surface area contributed by atoms with Crippen LogP contribution in [0.5, 0.6) is 0 Å². The van der Waals surface area contributed by atoms with Gasteiger partial charge in [-0.25, -0.2) is 4.79 Å². The average Bonchev–Trinajstić information content (AvgIpc) is 2.54. The Labute approximate surface area is 137 Å². The van der Waals surface area contributed by atoms with E-state index in [1.165, 1.54) is 25.7 Å². The minimum atomic E-state index is -2.25. The summed E-state index contributed by atoms with van der Waals surface area (Å²) in [5.74, 6) is -3.52. The molecule has 0 heterocycles. The first-order valence-corrected chi connectivity index (χ1v) is 8.32. The highest BCUT2D eigenvalue weighted by atomic mass is 16.4. The van der Waals surface area contributed by atoms with Crippen LogP contribution in [0.2, 0.25) is 0 Å².